The summed E-state index contributed by atoms with van der Waals surface area (Å²) >= 11 is 0. The Kier molecular flexibility index (Phi) is 8.39. The molecule has 0 unspecified atom stereocenters. The molecule has 20 heavy (non-hydrogen) atoms. The van der Waals surface area contributed by atoms with Crippen molar-refractivity contribution in [2.45, 2.75) is 65.8 Å². The predicted octanol–water partition coefficient (Wildman–Crippen LogP) is 3.09. The van der Waals surface area contributed by atoms with Gasteiger partial charge in [-0.05, 0) is 31.2 Å². The first kappa shape index (κ1) is 17.6. The molecule has 0 amide bonds. The highest BCUT2D eigenvalue weighted by molar-refractivity contribution is 5.78. The molecular weight excluding hydrogens is 248 g/mol. The van der Waals surface area contributed by atoms with Gasteiger partial charge in [0.25, 0.3) is 0 Å². The van der Waals surface area contributed by atoms with Crippen LogP contribution in [-0.2, 0) is 4.79 Å². The van der Waals surface area contributed by atoms with E-state index in [-0.39, 0.29) is 0 Å². The van der Waals surface area contributed by atoms with Crippen molar-refractivity contribution in [3.05, 3.63) is 0 Å². The average Bonchev–Trinajstić information content (AvgIpc) is 2.30. The van der Waals surface area contributed by atoms with E-state index < -0.39 is 0 Å². The van der Waals surface area contributed by atoms with Crippen LogP contribution in [0.2, 0.25) is 0 Å². The summed E-state index contributed by atoms with van der Waals surface area (Å²) in [7, 11) is 0. The first-order valence-corrected chi connectivity index (χ1v) is 8.44. The fourth-order valence-electron chi connectivity index (χ4n) is 2.91. The zero-order chi connectivity index (χ0) is 15.0. The number of carbonyl (C=O) groups excluding carboxylic acids is 1. The number of hydrogen-bond acceptors (Lipinski definition) is 3. The van der Waals surface area contributed by atoms with E-state index in [9.17, 15) is 4.79 Å². The lowest BCUT2D eigenvalue weighted by molar-refractivity contribution is -0.121. The molecule has 1 heterocycles. The van der Waals surface area contributed by atoms with Crippen LogP contribution in [0.1, 0.15) is 59.8 Å². The van der Waals surface area contributed by atoms with Gasteiger partial charge in [-0.1, -0.05) is 34.1 Å². The molecule has 0 aromatic heterocycles. The van der Waals surface area contributed by atoms with Gasteiger partial charge in [0.15, 0.2) is 0 Å². The van der Waals surface area contributed by atoms with Crippen LogP contribution in [0.15, 0.2) is 0 Å². The lowest BCUT2D eigenvalue weighted by Gasteiger charge is -2.40. The Balaban J connectivity index is 1.92. The number of ketones is 1. The van der Waals surface area contributed by atoms with Gasteiger partial charge in [0.1, 0.15) is 5.78 Å². The summed E-state index contributed by atoms with van der Waals surface area (Å²) in [6.07, 6.45) is 5.05. The van der Waals surface area contributed by atoms with Crippen molar-refractivity contribution in [1.82, 2.24) is 10.2 Å². The maximum atomic E-state index is 11.9. The Morgan fingerprint density at radius 2 is 1.85 bits per heavy atom. The molecule has 1 aliphatic rings. The molecule has 0 atom stereocenters. The van der Waals surface area contributed by atoms with Crippen molar-refractivity contribution in [3.63, 3.8) is 0 Å². The number of unbranched alkanes of at least 4 members (excludes halogenated alkanes) is 2. The zero-order valence-corrected chi connectivity index (χ0v) is 14.0. The van der Waals surface area contributed by atoms with Crippen LogP contribution >= 0.6 is 0 Å². The summed E-state index contributed by atoms with van der Waals surface area (Å²) in [5.74, 6) is 1.87. The molecule has 0 spiro atoms. The van der Waals surface area contributed by atoms with Crippen LogP contribution in [0.5, 0.6) is 0 Å². The molecule has 0 radical (unpaired) electrons. The van der Waals surface area contributed by atoms with E-state index in [2.05, 4.69) is 37.9 Å². The largest absolute Gasteiger partial charge is 0.315 e. The fraction of sp³-hybridized carbons (Fsp3) is 0.941. The molecule has 3 nitrogen and oxygen atoms in total. The second kappa shape index (κ2) is 9.51. The number of Topliss-reactive ketones (excluding diaryl/α,β-unsaturated/α-hetero) is 1. The Labute approximate surface area is 125 Å². The Morgan fingerprint density at radius 1 is 1.15 bits per heavy atom. The third-order valence-corrected chi connectivity index (χ3v) is 3.86. The average molecular weight is 282 g/mol. The minimum atomic E-state index is 0.482. The normalized spacial score (nSPS) is 16.9. The quantitative estimate of drug-likeness (QED) is 0.591. The Hall–Kier alpha value is -0.410. The molecule has 0 aromatic rings. The third kappa shape index (κ3) is 8.01. The highest BCUT2D eigenvalue weighted by atomic mass is 16.1. The first-order chi connectivity index (χ1) is 9.47. The highest BCUT2D eigenvalue weighted by Crippen LogP contribution is 2.21. The number of likely N-dealkylation sites (tertiary alicyclic amines) is 1. The van der Waals surface area contributed by atoms with Crippen LogP contribution in [0.25, 0.3) is 0 Å². The van der Waals surface area contributed by atoms with Crippen LogP contribution in [0, 0.1) is 11.8 Å². The Morgan fingerprint density at radius 3 is 2.45 bits per heavy atom. The number of nitrogens with one attached hydrogen (secondary N) is 1. The van der Waals surface area contributed by atoms with Gasteiger partial charge >= 0.3 is 0 Å². The van der Waals surface area contributed by atoms with Gasteiger partial charge in [-0.15, -0.1) is 0 Å². The number of nitrogens with zero attached hydrogens (tertiary/aromatic N) is 1. The van der Waals surface area contributed by atoms with Crippen molar-refractivity contribution >= 4 is 5.78 Å². The summed E-state index contributed by atoms with van der Waals surface area (Å²) in [6.45, 7) is 13.4. The van der Waals surface area contributed by atoms with Gasteiger partial charge < -0.3 is 10.2 Å². The van der Waals surface area contributed by atoms with Gasteiger partial charge in [0.2, 0.25) is 0 Å². The maximum Gasteiger partial charge on any atom is 0.133 e. The molecule has 0 aliphatic carbocycles. The molecule has 1 N–H and O–H groups in total. The van der Waals surface area contributed by atoms with Crippen LogP contribution < -0.4 is 5.32 Å². The summed E-state index contributed by atoms with van der Waals surface area (Å²) < 4.78 is 0. The van der Waals surface area contributed by atoms with E-state index in [4.69, 9.17) is 0 Å². The molecule has 0 saturated carbocycles. The van der Waals surface area contributed by atoms with Crippen molar-refractivity contribution in [2.24, 2.45) is 11.8 Å². The molecular formula is C17H34N2O. The van der Waals surface area contributed by atoms with Crippen LogP contribution in [0.3, 0.4) is 0 Å². The summed E-state index contributed by atoms with van der Waals surface area (Å²) in [5, 5.41) is 3.41. The Bertz CT molecular complexity index is 270. The van der Waals surface area contributed by atoms with Crippen molar-refractivity contribution in [2.75, 3.05) is 26.2 Å². The van der Waals surface area contributed by atoms with E-state index >= 15 is 0 Å². The standard InChI is InChI=1S/C17H34N2O/c1-14(2)11-19-12-16(13-19)10-17(20)8-6-5-7-9-18-15(3)4/h14-16,18H,5-13H2,1-4H3. The molecule has 1 saturated heterocycles. The minimum Gasteiger partial charge on any atom is -0.315 e. The topological polar surface area (TPSA) is 32.3 Å². The zero-order valence-electron chi connectivity index (χ0n) is 14.0. The highest BCUT2D eigenvalue weighted by Gasteiger charge is 2.28. The number of carbonyl (C=O) groups is 1. The minimum absolute atomic E-state index is 0.482. The molecule has 0 aromatic carbocycles. The van der Waals surface area contributed by atoms with Crippen LogP contribution in [0.4, 0.5) is 0 Å². The van der Waals surface area contributed by atoms with Crippen LogP contribution in [-0.4, -0.2) is 42.9 Å². The molecule has 0 bridgehead atoms. The van der Waals surface area contributed by atoms with E-state index in [1.165, 1.54) is 19.4 Å². The van der Waals surface area contributed by atoms with E-state index in [1.54, 1.807) is 0 Å². The molecule has 118 valence electrons. The fourth-order valence-corrected chi connectivity index (χ4v) is 2.91. The molecule has 1 rings (SSSR count). The second-order valence-electron chi connectivity index (χ2n) is 7.14. The smallest absolute Gasteiger partial charge is 0.133 e. The number of rotatable bonds is 11. The lowest BCUT2D eigenvalue weighted by atomic mass is 9.91. The first-order valence-electron chi connectivity index (χ1n) is 8.44. The number of hydrogen-bond donors (Lipinski definition) is 1. The SMILES string of the molecule is CC(C)CN1CC(CC(=O)CCCCCNC(C)C)C1. The molecule has 1 fully saturated rings. The van der Waals surface area contributed by atoms with E-state index in [0.29, 0.717) is 17.7 Å². The van der Waals surface area contributed by atoms with E-state index in [1.807, 2.05) is 0 Å². The monoisotopic (exact) mass is 282 g/mol. The van der Waals surface area contributed by atoms with Gasteiger partial charge in [-0.25, -0.2) is 0 Å². The summed E-state index contributed by atoms with van der Waals surface area (Å²) in [5.41, 5.74) is 0. The summed E-state index contributed by atoms with van der Waals surface area (Å²) in [6, 6.07) is 0.573. The summed E-state index contributed by atoms with van der Waals surface area (Å²) in [4.78, 5) is 14.4. The van der Waals surface area contributed by atoms with Gasteiger partial charge in [0, 0.05) is 38.5 Å². The maximum absolute atomic E-state index is 11.9. The molecule has 1 aliphatic heterocycles. The van der Waals surface area contributed by atoms with Crippen molar-refractivity contribution < 1.29 is 4.79 Å². The van der Waals surface area contributed by atoms with Gasteiger partial charge in [-0.3, -0.25) is 4.79 Å². The lowest BCUT2D eigenvalue weighted by Crippen LogP contribution is -2.48. The van der Waals surface area contributed by atoms with Crippen molar-refractivity contribution in [1.29, 1.82) is 0 Å². The van der Waals surface area contributed by atoms with Gasteiger partial charge in [-0.2, -0.15) is 0 Å². The third-order valence-electron chi connectivity index (χ3n) is 3.86. The van der Waals surface area contributed by atoms with E-state index in [0.717, 1.165) is 44.8 Å². The predicted molar refractivity (Wildman–Crippen MR) is 86.0 cm³/mol. The van der Waals surface area contributed by atoms with Crippen molar-refractivity contribution in [3.8, 4) is 0 Å². The second-order valence-corrected chi connectivity index (χ2v) is 7.14. The molecule has 3 heteroatoms. The van der Waals surface area contributed by atoms with Gasteiger partial charge in [0.05, 0.1) is 0 Å².